The van der Waals surface area contributed by atoms with Crippen LogP contribution in [-0.2, 0) is 0 Å². The smallest absolute Gasteiger partial charge is 0.0624 e. The first-order valence-electron chi connectivity index (χ1n) is 9.14. The summed E-state index contributed by atoms with van der Waals surface area (Å²) >= 11 is 0. The highest BCUT2D eigenvalue weighted by atomic mass is 15.1. The fraction of sp³-hybridized carbons (Fsp3) is 0. The molecule has 0 aliphatic rings. The molecule has 27 heavy (non-hydrogen) atoms. The number of hydrogen-bond acceptors (Lipinski definition) is 1. The molecule has 5 rings (SSSR count). The second kappa shape index (κ2) is 6.62. The summed E-state index contributed by atoms with van der Waals surface area (Å²) in [4.78, 5) is 2.33. The third kappa shape index (κ3) is 2.74. The average Bonchev–Trinajstić information content (AvgIpc) is 2.75. The molecule has 1 radical (unpaired) electrons. The molecule has 0 amide bonds. The van der Waals surface area contributed by atoms with Crippen molar-refractivity contribution in [3.63, 3.8) is 0 Å². The van der Waals surface area contributed by atoms with Gasteiger partial charge in [-0.3, -0.25) is 0 Å². The summed E-state index contributed by atoms with van der Waals surface area (Å²) in [6.45, 7) is 0. The number of hydrogen-bond donors (Lipinski definition) is 0. The van der Waals surface area contributed by atoms with Gasteiger partial charge in [0.05, 0.1) is 5.69 Å². The minimum absolute atomic E-state index is 1.13. The summed E-state index contributed by atoms with van der Waals surface area (Å²) < 4.78 is 0. The normalized spacial score (nSPS) is 11.0. The van der Waals surface area contributed by atoms with Crippen LogP contribution in [0.3, 0.4) is 0 Å². The molecule has 0 saturated carbocycles. The number of para-hydroxylation sites is 2. The van der Waals surface area contributed by atoms with E-state index in [0.717, 1.165) is 16.8 Å². The molecule has 1 heteroatoms. The molecule has 0 bridgehead atoms. The maximum absolute atomic E-state index is 3.49. The van der Waals surface area contributed by atoms with Crippen molar-refractivity contribution in [1.29, 1.82) is 0 Å². The molecule has 0 aliphatic carbocycles. The number of nitrogens with zero attached hydrogens (tertiary/aromatic N) is 1. The third-order valence-corrected chi connectivity index (χ3v) is 4.90. The van der Waals surface area contributed by atoms with E-state index >= 15 is 0 Å². The Labute approximate surface area is 159 Å². The number of fused-ring (bicyclic) bond motifs is 2. The maximum atomic E-state index is 3.49. The van der Waals surface area contributed by atoms with Gasteiger partial charge in [0.1, 0.15) is 0 Å². The van der Waals surface area contributed by atoms with Crippen LogP contribution in [0.1, 0.15) is 0 Å². The first kappa shape index (κ1) is 15.7. The van der Waals surface area contributed by atoms with E-state index in [9.17, 15) is 0 Å². The molecule has 0 fully saturated rings. The van der Waals surface area contributed by atoms with Crippen LogP contribution in [0.25, 0.3) is 21.5 Å². The predicted octanol–water partition coefficient (Wildman–Crippen LogP) is 7.26. The van der Waals surface area contributed by atoms with Crippen LogP contribution in [-0.4, -0.2) is 0 Å². The van der Waals surface area contributed by atoms with Crippen LogP contribution in [0.5, 0.6) is 0 Å². The van der Waals surface area contributed by atoms with Gasteiger partial charge < -0.3 is 4.90 Å². The first-order chi connectivity index (χ1) is 13.4. The third-order valence-electron chi connectivity index (χ3n) is 4.90. The SMILES string of the molecule is [c]1cccc2cc3ccccc3c(N(c3ccccc3)c3ccccc3)c12. The Bertz CT molecular complexity index is 1120. The van der Waals surface area contributed by atoms with Crippen molar-refractivity contribution >= 4 is 38.6 Å². The highest BCUT2D eigenvalue weighted by molar-refractivity contribution is 6.13. The molecular formula is C26H18N. The summed E-state index contributed by atoms with van der Waals surface area (Å²) in [5.74, 6) is 0. The van der Waals surface area contributed by atoms with Crippen LogP contribution in [0.15, 0.2) is 109 Å². The van der Waals surface area contributed by atoms with Crippen LogP contribution >= 0.6 is 0 Å². The lowest BCUT2D eigenvalue weighted by molar-refractivity contribution is 1.31. The van der Waals surface area contributed by atoms with Crippen LogP contribution in [0, 0.1) is 6.07 Å². The number of benzene rings is 5. The van der Waals surface area contributed by atoms with E-state index < -0.39 is 0 Å². The van der Waals surface area contributed by atoms with Crippen molar-refractivity contribution in [3.05, 3.63) is 115 Å². The van der Waals surface area contributed by atoms with Crippen molar-refractivity contribution in [1.82, 2.24) is 0 Å². The van der Waals surface area contributed by atoms with Gasteiger partial charge >= 0.3 is 0 Å². The predicted molar refractivity (Wildman–Crippen MR) is 115 cm³/mol. The van der Waals surface area contributed by atoms with E-state index in [-0.39, 0.29) is 0 Å². The van der Waals surface area contributed by atoms with Gasteiger partial charge in [0, 0.05) is 22.1 Å². The lowest BCUT2D eigenvalue weighted by Crippen LogP contribution is -2.11. The largest absolute Gasteiger partial charge is 0.309 e. The lowest BCUT2D eigenvalue weighted by Gasteiger charge is -2.28. The van der Waals surface area contributed by atoms with Gasteiger partial charge in [0.25, 0.3) is 0 Å². The highest BCUT2D eigenvalue weighted by Gasteiger charge is 2.18. The standard InChI is InChI=1S/C26H18N/c1-3-13-22(14-4-1)27(23-15-5-2-6-16-23)26-24-17-9-7-11-20(24)19-21-12-8-10-18-25(21)26/h1-17,19H. The van der Waals surface area contributed by atoms with E-state index in [2.05, 4.69) is 114 Å². The molecule has 0 heterocycles. The molecule has 0 aliphatic heterocycles. The molecular weight excluding hydrogens is 326 g/mol. The van der Waals surface area contributed by atoms with Crippen molar-refractivity contribution < 1.29 is 0 Å². The van der Waals surface area contributed by atoms with Crippen molar-refractivity contribution in [2.24, 2.45) is 0 Å². The van der Waals surface area contributed by atoms with Gasteiger partial charge in [-0.05, 0) is 47.2 Å². The van der Waals surface area contributed by atoms with Crippen LogP contribution in [0.2, 0.25) is 0 Å². The van der Waals surface area contributed by atoms with E-state index in [4.69, 9.17) is 0 Å². The van der Waals surface area contributed by atoms with Crippen LogP contribution < -0.4 is 4.90 Å². The Kier molecular flexibility index (Phi) is 3.84. The van der Waals surface area contributed by atoms with Gasteiger partial charge in [-0.25, -0.2) is 0 Å². The first-order valence-corrected chi connectivity index (χ1v) is 9.14. The van der Waals surface area contributed by atoms with Gasteiger partial charge in [0.2, 0.25) is 0 Å². The van der Waals surface area contributed by atoms with Gasteiger partial charge in [-0.2, -0.15) is 0 Å². The lowest BCUT2D eigenvalue weighted by atomic mass is 9.99. The minimum atomic E-state index is 1.13. The molecule has 0 N–H and O–H groups in total. The molecule has 0 spiro atoms. The van der Waals surface area contributed by atoms with Crippen LogP contribution in [0.4, 0.5) is 17.1 Å². The Balaban J connectivity index is 1.92. The molecule has 0 aromatic heterocycles. The number of anilines is 3. The molecule has 5 aromatic carbocycles. The van der Waals surface area contributed by atoms with E-state index in [1.807, 2.05) is 6.07 Å². The average molecular weight is 344 g/mol. The molecule has 0 saturated heterocycles. The van der Waals surface area contributed by atoms with E-state index in [1.54, 1.807) is 0 Å². The van der Waals surface area contributed by atoms with E-state index in [0.29, 0.717) is 0 Å². The quantitative estimate of drug-likeness (QED) is 0.311. The Morgan fingerprint density at radius 1 is 0.556 bits per heavy atom. The zero-order chi connectivity index (χ0) is 18.1. The molecule has 127 valence electrons. The Morgan fingerprint density at radius 3 is 1.85 bits per heavy atom. The molecule has 5 aromatic rings. The summed E-state index contributed by atoms with van der Waals surface area (Å²) in [6, 6.07) is 41.6. The van der Waals surface area contributed by atoms with Crippen molar-refractivity contribution in [3.8, 4) is 0 Å². The summed E-state index contributed by atoms with van der Waals surface area (Å²) in [7, 11) is 0. The molecule has 1 nitrogen and oxygen atoms in total. The summed E-state index contributed by atoms with van der Waals surface area (Å²) in [5, 5.41) is 4.78. The second-order valence-corrected chi connectivity index (χ2v) is 6.59. The highest BCUT2D eigenvalue weighted by Crippen LogP contribution is 2.43. The fourth-order valence-corrected chi connectivity index (χ4v) is 3.71. The number of rotatable bonds is 3. The zero-order valence-corrected chi connectivity index (χ0v) is 14.8. The Morgan fingerprint density at radius 2 is 1.15 bits per heavy atom. The summed E-state index contributed by atoms with van der Waals surface area (Å²) in [6.07, 6.45) is 0. The van der Waals surface area contributed by atoms with Gasteiger partial charge in [0.15, 0.2) is 0 Å². The van der Waals surface area contributed by atoms with Gasteiger partial charge in [-0.15, -0.1) is 0 Å². The topological polar surface area (TPSA) is 3.24 Å². The van der Waals surface area contributed by atoms with Gasteiger partial charge in [-0.1, -0.05) is 78.9 Å². The second-order valence-electron chi connectivity index (χ2n) is 6.59. The minimum Gasteiger partial charge on any atom is -0.309 e. The van der Waals surface area contributed by atoms with Crippen molar-refractivity contribution in [2.75, 3.05) is 4.90 Å². The summed E-state index contributed by atoms with van der Waals surface area (Å²) in [5.41, 5.74) is 3.44. The molecule has 0 atom stereocenters. The van der Waals surface area contributed by atoms with Crippen molar-refractivity contribution in [2.45, 2.75) is 0 Å². The van der Waals surface area contributed by atoms with E-state index in [1.165, 1.54) is 21.8 Å². The maximum Gasteiger partial charge on any atom is 0.0624 e. The zero-order valence-electron chi connectivity index (χ0n) is 14.8. The fourth-order valence-electron chi connectivity index (χ4n) is 3.71. The monoisotopic (exact) mass is 344 g/mol. The molecule has 0 unspecified atom stereocenters. The Hall–Kier alpha value is -3.58.